The van der Waals surface area contributed by atoms with Crippen molar-refractivity contribution in [1.29, 1.82) is 0 Å². The molecule has 1 nitrogen and oxygen atoms in total. The topological polar surface area (TPSA) is 9.23 Å². The molecule has 0 fully saturated rings. The van der Waals surface area contributed by atoms with Crippen LogP contribution in [0, 0.1) is 0 Å². The van der Waals surface area contributed by atoms with Crippen molar-refractivity contribution >= 4 is 27.0 Å². The van der Waals surface area contributed by atoms with E-state index in [0.29, 0.717) is 0 Å². The summed E-state index contributed by atoms with van der Waals surface area (Å²) in [7, 11) is 1.86. The van der Waals surface area contributed by atoms with E-state index in [2.05, 4.69) is 10.7 Å². The molecule has 0 heterocycles. The van der Waals surface area contributed by atoms with E-state index in [-0.39, 0.29) is 0 Å². The van der Waals surface area contributed by atoms with E-state index in [9.17, 15) is 0 Å². The molecule has 0 saturated heterocycles. The van der Waals surface area contributed by atoms with Gasteiger partial charge in [0.2, 0.25) is 0 Å². The Kier molecular flexibility index (Phi) is 7.02. The highest BCUT2D eigenvalue weighted by atomic mass is 28.3. The first-order valence-electron chi connectivity index (χ1n) is 3.42. The fourth-order valence-electron chi connectivity index (χ4n) is 0.589. The Balaban J connectivity index is 0.000000292. The van der Waals surface area contributed by atoms with E-state index in [4.69, 9.17) is 0 Å². The van der Waals surface area contributed by atoms with Gasteiger partial charge in [0.15, 0.2) is 0 Å². The Morgan fingerprint density at radius 2 is 1.64 bits per heavy atom. The summed E-state index contributed by atoms with van der Waals surface area (Å²) in [5.41, 5.74) is 1.17. The third-order valence-electron chi connectivity index (χ3n) is 1.04. The largest absolute Gasteiger partial charge is 0.471 e. The zero-order valence-corrected chi connectivity index (χ0v) is 11.1. The molecule has 0 saturated carbocycles. The lowest BCUT2D eigenvalue weighted by atomic mass is 10.2. The van der Waals surface area contributed by atoms with Crippen LogP contribution in [0.4, 0.5) is 0 Å². The van der Waals surface area contributed by atoms with Crippen molar-refractivity contribution in [3.8, 4) is 0 Å². The molecule has 0 bridgehead atoms. The van der Waals surface area contributed by atoms with Crippen LogP contribution in [0.3, 0.4) is 0 Å². The van der Waals surface area contributed by atoms with Gasteiger partial charge in [0.25, 0.3) is 0 Å². The van der Waals surface area contributed by atoms with Crippen LogP contribution in [-0.2, 0) is 4.12 Å². The van der Waals surface area contributed by atoms with Gasteiger partial charge in [0.1, 0.15) is 21.0 Å². The standard InChI is InChI=1S/C8H8.H6OSi2/c1-2-8-6-4-3-5-7-8;2-1-3/h2-7H,1H2;2-3H3. The lowest BCUT2D eigenvalue weighted by molar-refractivity contribution is 0.690. The molecule has 1 rings (SSSR count). The summed E-state index contributed by atoms with van der Waals surface area (Å²) in [6, 6.07) is 10.0. The van der Waals surface area contributed by atoms with Crippen LogP contribution in [-0.4, -0.2) is 21.0 Å². The Hall–Kier alpha value is -0.646. The molecule has 1 aromatic rings. The van der Waals surface area contributed by atoms with Crippen molar-refractivity contribution in [2.45, 2.75) is 0 Å². The highest BCUT2D eigenvalue weighted by Crippen LogP contribution is 1.97. The summed E-state index contributed by atoms with van der Waals surface area (Å²) >= 11 is 0. The van der Waals surface area contributed by atoms with Gasteiger partial charge in [-0.05, 0) is 5.56 Å². The molecule has 1 aromatic carbocycles. The summed E-state index contributed by atoms with van der Waals surface area (Å²) in [4.78, 5) is 0. The summed E-state index contributed by atoms with van der Waals surface area (Å²) in [6.45, 7) is 3.63. The van der Waals surface area contributed by atoms with E-state index in [1.807, 2.05) is 36.4 Å². The molecule has 3 heteroatoms. The molecule has 60 valence electrons. The molecule has 0 amide bonds. The van der Waals surface area contributed by atoms with Gasteiger partial charge in [0, 0.05) is 0 Å². The van der Waals surface area contributed by atoms with E-state index in [1.165, 1.54) is 5.56 Å². The predicted octanol–water partition coefficient (Wildman–Crippen LogP) is -0.107. The first kappa shape index (κ1) is 10.4. The van der Waals surface area contributed by atoms with Gasteiger partial charge in [-0.15, -0.1) is 0 Å². The van der Waals surface area contributed by atoms with Gasteiger partial charge in [0.05, 0.1) is 0 Å². The lowest BCUT2D eigenvalue weighted by Gasteiger charge is -1.85. The molecule has 0 unspecified atom stereocenters. The normalized spacial score (nSPS) is 8.36. The minimum atomic E-state index is 0.931. The van der Waals surface area contributed by atoms with Gasteiger partial charge in [-0.1, -0.05) is 43.0 Å². The second-order valence-electron chi connectivity index (χ2n) is 2.02. The van der Waals surface area contributed by atoms with Gasteiger partial charge in [-0.2, -0.15) is 0 Å². The summed E-state index contributed by atoms with van der Waals surface area (Å²) in [5.74, 6) is 0. The molecule has 0 N–H and O–H groups in total. The number of hydrogen-bond acceptors (Lipinski definition) is 1. The first-order valence-corrected chi connectivity index (χ1v) is 5.06. The monoisotopic (exact) mass is 182 g/mol. The number of hydrogen-bond donors (Lipinski definition) is 0. The maximum atomic E-state index is 4.53. The van der Waals surface area contributed by atoms with Crippen molar-refractivity contribution < 1.29 is 4.12 Å². The molecule has 0 aromatic heterocycles. The molecular formula is C8H14OSi2. The van der Waals surface area contributed by atoms with Crippen LogP contribution in [0.2, 0.25) is 0 Å². The predicted molar refractivity (Wildman–Crippen MR) is 57.5 cm³/mol. The maximum absolute atomic E-state index is 4.53. The maximum Gasteiger partial charge on any atom is 0.129 e. The molecule has 11 heavy (non-hydrogen) atoms. The van der Waals surface area contributed by atoms with Crippen molar-refractivity contribution in [2.75, 3.05) is 0 Å². The summed E-state index contributed by atoms with van der Waals surface area (Å²) < 4.78 is 4.53. The van der Waals surface area contributed by atoms with Crippen LogP contribution >= 0.6 is 0 Å². The zero-order valence-electron chi connectivity index (χ0n) is 7.08. The van der Waals surface area contributed by atoms with Crippen molar-refractivity contribution in [2.24, 2.45) is 0 Å². The van der Waals surface area contributed by atoms with E-state index >= 15 is 0 Å². The zero-order chi connectivity index (χ0) is 8.53. The van der Waals surface area contributed by atoms with Gasteiger partial charge in [-0.25, -0.2) is 0 Å². The molecule has 0 radical (unpaired) electrons. The van der Waals surface area contributed by atoms with Crippen LogP contribution in [0.5, 0.6) is 0 Å². The second-order valence-corrected chi connectivity index (χ2v) is 5.29. The van der Waals surface area contributed by atoms with Gasteiger partial charge in [-0.3, -0.25) is 0 Å². The summed E-state index contributed by atoms with van der Waals surface area (Å²) in [6.07, 6.45) is 1.83. The highest BCUT2D eigenvalue weighted by molar-refractivity contribution is 6.15. The van der Waals surface area contributed by atoms with Crippen LogP contribution in [0.25, 0.3) is 6.08 Å². The molecule has 0 atom stereocenters. The smallest absolute Gasteiger partial charge is 0.129 e. The van der Waals surface area contributed by atoms with Crippen molar-refractivity contribution in [1.82, 2.24) is 0 Å². The number of benzene rings is 1. The Morgan fingerprint density at radius 1 is 1.18 bits per heavy atom. The molecule has 0 aliphatic carbocycles. The molecule has 0 aliphatic heterocycles. The number of rotatable bonds is 1. The molecule has 0 aliphatic rings. The minimum Gasteiger partial charge on any atom is -0.471 e. The highest BCUT2D eigenvalue weighted by Gasteiger charge is 1.75. The molecule has 0 spiro atoms. The Labute approximate surface area is 74.2 Å². The second kappa shape index (κ2) is 7.46. The first-order chi connectivity index (χ1) is 5.35. The van der Waals surface area contributed by atoms with Gasteiger partial charge < -0.3 is 4.12 Å². The summed E-state index contributed by atoms with van der Waals surface area (Å²) in [5, 5.41) is 0. The van der Waals surface area contributed by atoms with Crippen LogP contribution in [0.1, 0.15) is 5.56 Å². The Bertz CT molecular complexity index is 187. The fraction of sp³-hybridized carbons (Fsp3) is 0. The van der Waals surface area contributed by atoms with Crippen molar-refractivity contribution in [3.05, 3.63) is 42.5 Å². The van der Waals surface area contributed by atoms with E-state index < -0.39 is 0 Å². The van der Waals surface area contributed by atoms with E-state index in [1.54, 1.807) is 0 Å². The SMILES string of the molecule is C=Cc1ccccc1.[SiH3]O[SiH3]. The average molecular weight is 182 g/mol. The lowest BCUT2D eigenvalue weighted by Crippen LogP contribution is -1.65. The quantitative estimate of drug-likeness (QED) is 0.551. The van der Waals surface area contributed by atoms with Gasteiger partial charge >= 0.3 is 0 Å². The van der Waals surface area contributed by atoms with Crippen LogP contribution < -0.4 is 0 Å². The third kappa shape index (κ3) is 5.78. The van der Waals surface area contributed by atoms with Crippen LogP contribution in [0.15, 0.2) is 36.9 Å². The third-order valence-corrected chi connectivity index (χ3v) is 1.04. The minimum absolute atomic E-state index is 0.931. The average Bonchev–Trinajstić information content (AvgIpc) is 2.08. The van der Waals surface area contributed by atoms with Crippen molar-refractivity contribution in [3.63, 3.8) is 0 Å². The fourth-order valence-corrected chi connectivity index (χ4v) is 0.589. The van der Waals surface area contributed by atoms with E-state index in [0.717, 1.165) is 21.0 Å². The Morgan fingerprint density at radius 3 is 1.91 bits per heavy atom. The molecular weight excluding hydrogens is 168 g/mol.